The highest BCUT2D eigenvalue weighted by Crippen LogP contribution is 2.14. The van der Waals surface area contributed by atoms with Crippen LogP contribution in [-0.4, -0.2) is 14.4 Å². The van der Waals surface area contributed by atoms with Gasteiger partial charge in [-0.05, 0) is 32.5 Å². The van der Waals surface area contributed by atoms with Crippen LogP contribution in [0.2, 0.25) is 19.6 Å². The molecule has 1 unspecified atom stereocenters. The summed E-state index contributed by atoms with van der Waals surface area (Å²) >= 11 is 0. The second kappa shape index (κ2) is 5.76. The molecule has 0 bridgehead atoms. The first-order chi connectivity index (χ1) is 5.49. The van der Waals surface area contributed by atoms with Crippen molar-refractivity contribution in [3.63, 3.8) is 0 Å². The van der Waals surface area contributed by atoms with Crippen LogP contribution in [0.25, 0.3) is 0 Å². The van der Waals surface area contributed by atoms with Gasteiger partial charge in [0, 0.05) is 6.10 Å². The van der Waals surface area contributed by atoms with Crippen LogP contribution < -0.4 is 0 Å². The fourth-order valence-corrected chi connectivity index (χ4v) is 2.56. The molecule has 0 aliphatic heterocycles. The Morgan fingerprint density at radius 3 is 2.08 bits per heavy atom. The Labute approximate surface area is 78.6 Å². The maximum Gasteiger partial charge on any atom is 0.184 e. The van der Waals surface area contributed by atoms with Gasteiger partial charge < -0.3 is 4.43 Å². The van der Waals surface area contributed by atoms with Crippen LogP contribution in [0.1, 0.15) is 39.5 Å². The van der Waals surface area contributed by atoms with Crippen molar-refractivity contribution in [3.8, 4) is 0 Å². The van der Waals surface area contributed by atoms with E-state index in [9.17, 15) is 0 Å². The molecule has 2 heteroatoms. The number of unbranched alkanes of at least 4 members (excludes halogenated alkanes) is 1. The largest absolute Gasteiger partial charge is 0.415 e. The summed E-state index contributed by atoms with van der Waals surface area (Å²) < 4.78 is 6.03. The maximum absolute atomic E-state index is 6.03. The molecule has 1 atom stereocenters. The highest BCUT2D eigenvalue weighted by molar-refractivity contribution is 6.69. The van der Waals surface area contributed by atoms with Crippen LogP contribution in [0.15, 0.2) is 0 Å². The van der Waals surface area contributed by atoms with Gasteiger partial charge in [0.1, 0.15) is 0 Å². The summed E-state index contributed by atoms with van der Waals surface area (Å²) in [5, 5.41) is 0. The first-order valence-corrected chi connectivity index (χ1v) is 8.58. The van der Waals surface area contributed by atoms with E-state index in [-0.39, 0.29) is 0 Å². The molecule has 0 aromatic rings. The quantitative estimate of drug-likeness (QED) is 0.576. The molecule has 0 aromatic heterocycles. The molecule has 74 valence electrons. The fourth-order valence-electron chi connectivity index (χ4n) is 1.28. The molecule has 0 fully saturated rings. The van der Waals surface area contributed by atoms with Gasteiger partial charge in [0.15, 0.2) is 8.32 Å². The van der Waals surface area contributed by atoms with E-state index >= 15 is 0 Å². The summed E-state index contributed by atoms with van der Waals surface area (Å²) in [5.74, 6) is 0. The molecule has 12 heavy (non-hydrogen) atoms. The van der Waals surface area contributed by atoms with Gasteiger partial charge in [-0.3, -0.25) is 0 Å². The van der Waals surface area contributed by atoms with Crippen LogP contribution in [0.4, 0.5) is 0 Å². The minimum atomic E-state index is -1.29. The molecule has 0 aliphatic rings. The summed E-state index contributed by atoms with van der Waals surface area (Å²) in [5.41, 5.74) is 0. The van der Waals surface area contributed by atoms with E-state index in [1.54, 1.807) is 0 Å². The molecule has 0 amide bonds. The zero-order chi connectivity index (χ0) is 9.61. The third kappa shape index (κ3) is 6.86. The van der Waals surface area contributed by atoms with Gasteiger partial charge in [-0.15, -0.1) is 0 Å². The van der Waals surface area contributed by atoms with Gasteiger partial charge in [0.05, 0.1) is 0 Å². The number of hydrogen-bond acceptors (Lipinski definition) is 1. The SMILES string of the molecule is CCCCC(CC)O[Si](C)(C)C. The third-order valence-electron chi connectivity index (χ3n) is 1.86. The van der Waals surface area contributed by atoms with E-state index in [1.807, 2.05) is 0 Å². The first-order valence-electron chi connectivity index (χ1n) is 5.17. The third-order valence-corrected chi connectivity index (χ3v) is 2.90. The van der Waals surface area contributed by atoms with Crippen molar-refractivity contribution in [2.75, 3.05) is 0 Å². The van der Waals surface area contributed by atoms with Gasteiger partial charge >= 0.3 is 0 Å². The molecule has 0 N–H and O–H groups in total. The fraction of sp³-hybridized carbons (Fsp3) is 1.00. The summed E-state index contributed by atoms with van der Waals surface area (Å²) in [7, 11) is -1.29. The van der Waals surface area contributed by atoms with Crippen LogP contribution in [0, 0.1) is 0 Å². The maximum atomic E-state index is 6.03. The monoisotopic (exact) mass is 188 g/mol. The lowest BCUT2D eigenvalue weighted by Crippen LogP contribution is -2.31. The lowest BCUT2D eigenvalue weighted by molar-refractivity contribution is 0.176. The molecule has 0 saturated carbocycles. The van der Waals surface area contributed by atoms with Crippen molar-refractivity contribution in [1.29, 1.82) is 0 Å². The molecular formula is C10H24OSi. The van der Waals surface area contributed by atoms with Crippen molar-refractivity contribution in [2.45, 2.75) is 65.3 Å². The Kier molecular flexibility index (Phi) is 5.84. The average Bonchev–Trinajstić information content (AvgIpc) is 1.95. The van der Waals surface area contributed by atoms with Crippen molar-refractivity contribution in [1.82, 2.24) is 0 Å². The first kappa shape index (κ1) is 12.2. The average molecular weight is 188 g/mol. The second-order valence-corrected chi connectivity index (χ2v) is 8.86. The van der Waals surface area contributed by atoms with Gasteiger partial charge in [-0.2, -0.15) is 0 Å². The lowest BCUT2D eigenvalue weighted by atomic mass is 10.1. The van der Waals surface area contributed by atoms with Gasteiger partial charge in [0.25, 0.3) is 0 Å². The van der Waals surface area contributed by atoms with Crippen LogP contribution in [0.5, 0.6) is 0 Å². The van der Waals surface area contributed by atoms with E-state index < -0.39 is 8.32 Å². The molecule has 0 heterocycles. The van der Waals surface area contributed by atoms with E-state index in [4.69, 9.17) is 4.43 Å². The molecule has 0 radical (unpaired) electrons. The van der Waals surface area contributed by atoms with Gasteiger partial charge in [-0.25, -0.2) is 0 Å². The number of hydrogen-bond donors (Lipinski definition) is 0. The standard InChI is InChI=1S/C10H24OSi/c1-6-8-9-10(7-2)11-12(3,4)5/h10H,6-9H2,1-5H3. The van der Waals surface area contributed by atoms with Crippen molar-refractivity contribution < 1.29 is 4.43 Å². The van der Waals surface area contributed by atoms with E-state index in [0.717, 1.165) is 0 Å². The Bertz CT molecular complexity index is 107. The Hall–Kier alpha value is 0.177. The van der Waals surface area contributed by atoms with Gasteiger partial charge in [-0.1, -0.05) is 26.7 Å². The Morgan fingerprint density at radius 1 is 1.17 bits per heavy atom. The molecule has 1 nitrogen and oxygen atoms in total. The van der Waals surface area contributed by atoms with Gasteiger partial charge in [0.2, 0.25) is 0 Å². The highest BCUT2D eigenvalue weighted by Gasteiger charge is 2.19. The molecular weight excluding hydrogens is 164 g/mol. The summed E-state index contributed by atoms with van der Waals surface area (Å²) in [6.07, 6.45) is 5.53. The normalized spacial score (nSPS) is 14.8. The zero-order valence-corrected chi connectivity index (χ0v) is 10.3. The molecule has 0 aromatic carbocycles. The second-order valence-electron chi connectivity index (χ2n) is 4.40. The lowest BCUT2D eigenvalue weighted by Gasteiger charge is -2.25. The van der Waals surface area contributed by atoms with E-state index in [2.05, 4.69) is 33.5 Å². The number of rotatable bonds is 6. The Balaban J connectivity index is 3.67. The van der Waals surface area contributed by atoms with Crippen molar-refractivity contribution in [2.24, 2.45) is 0 Å². The molecule has 0 spiro atoms. The topological polar surface area (TPSA) is 9.23 Å². The Morgan fingerprint density at radius 2 is 1.75 bits per heavy atom. The molecule has 0 rings (SSSR count). The zero-order valence-electron chi connectivity index (χ0n) is 9.31. The van der Waals surface area contributed by atoms with E-state index in [0.29, 0.717) is 6.10 Å². The van der Waals surface area contributed by atoms with E-state index in [1.165, 1.54) is 25.7 Å². The van der Waals surface area contributed by atoms with Crippen LogP contribution >= 0.6 is 0 Å². The predicted molar refractivity (Wildman–Crippen MR) is 58.0 cm³/mol. The van der Waals surface area contributed by atoms with Crippen LogP contribution in [0.3, 0.4) is 0 Å². The summed E-state index contributed by atoms with van der Waals surface area (Å²) in [4.78, 5) is 0. The predicted octanol–water partition coefficient (Wildman–Crippen LogP) is 3.81. The van der Waals surface area contributed by atoms with Crippen molar-refractivity contribution in [3.05, 3.63) is 0 Å². The minimum absolute atomic E-state index is 0.525. The van der Waals surface area contributed by atoms with Crippen molar-refractivity contribution >= 4 is 8.32 Å². The highest BCUT2D eigenvalue weighted by atomic mass is 28.4. The molecule has 0 aliphatic carbocycles. The minimum Gasteiger partial charge on any atom is -0.415 e. The molecule has 0 saturated heterocycles. The summed E-state index contributed by atoms with van der Waals surface area (Å²) in [6, 6.07) is 0. The summed E-state index contributed by atoms with van der Waals surface area (Å²) in [6.45, 7) is 11.3. The van der Waals surface area contributed by atoms with Crippen LogP contribution in [-0.2, 0) is 4.43 Å². The smallest absolute Gasteiger partial charge is 0.184 e.